The number of carbonyl (C=O) groups is 3. The monoisotopic (exact) mass is 626 g/mol. The summed E-state index contributed by atoms with van der Waals surface area (Å²) in [5.41, 5.74) is 0.824. The van der Waals surface area contributed by atoms with Crippen molar-refractivity contribution in [3.8, 4) is 11.5 Å². The van der Waals surface area contributed by atoms with E-state index in [9.17, 15) is 24.6 Å². The zero-order valence-electron chi connectivity index (χ0n) is 21.0. The van der Waals surface area contributed by atoms with Crippen molar-refractivity contribution in [1.29, 1.82) is 0 Å². The molecule has 37 heavy (non-hydrogen) atoms. The van der Waals surface area contributed by atoms with Crippen LogP contribution < -0.4 is 14.8 Å². The molecule has 2 amide bonds. The van der Waals surface area contributed by atoms with Crippen molar-refractivity contribution >= 4 is 40.7 Å². The molecule has 1 aromatic carbocycles. The minimum absolute atomic E-state index is 0.0172. The van der Waals surface area contributed by atoms with Gasteiger partial charge in [-0.1, -0.05) is 19.3 Å². The van der Waals surface area contributed by atoms with Crippen LogP contribution in [0.15, 0.2) is 23.8 Å². The molecule has 0 aromatic heterocycles. The fourth-order valence-corrected chi connectivity index (χ4v) is 6.07. The quantitative estimate of drug-likeness (QED) is 0.270. The summed E-state index contributed by atoms with van der Waals surface area (Å²) in [6.45, 7) is -0.0982. The Morgan fingerprint density at radius 1 is 1.19 bits per heavy atom. The van der Waals surface area contributed by atoms with Crippen molar-refractivity contribution in [3.63, 3.8) is 0 Å². The number of halogens is 1. The van der Waals surface area contributed by atoms with Crippen molar-refractivity contribution < 1.29 is 34.1 Å². The molecule has 1 aromatic rings. The summed E-state index contributed by atoms with van der Waals surface area (Å²) >= 11 is 2.04. The first kappa shape index (κ1) is 27.8. The Morgan fingerprint density at radius 2 is 1.92 bits per heavy atom. The first-order valence-electron chi connectivity index (χ1n) is 13.0. The Kier molecular flexibility index (Phi) is 9.46. The molecule has 0 saturated heterocycles. The molecule has 0 aliphatic heterocycles. The average Bonchev–Trinajstić information content (AvgIpc) is 3.76. The van der Waals surface area contributed by atoms with Crippen molar-refractivity contribution in [2.24, 2.45) is 5.92 Å². The molecule has 3 unspecified atom stereocenters. The number of aliphatic hydroxyl groups is 2. The van der Waals surface area contributed by atoms with Gasteiger partial charge >= 0.3 is 0 Å². The topological polar surface area (TPSA) is 125 Å². The molecule has 2 saturated carbocycles. The number of ether oxygens (including phenoxy) is 2. The highest BCUT2D eigenvalue weighted by atomic mass is 127. The van der Waals surface area contributed by atoms with Crippen LogP contribution in [0.1, 0.15) is 61.7 Å². The van der Waals surface area contributed by atoms with Crippen LogP contribution in [0, 0.1) is 9.49 Å². The van der Waals surface area contributed by atoms with Gasteiger partial charge in [0.1, 0.15) is 18.5 Å². The summed E-state index contributed by atoms with van der Waals surface area (Å²) < 4.78 is 12.4. The maximum absolute atomic E-state index is 13.6. The van der Waals surface area contributed by atoms with Crippen LogP contribution >= 0.6 is 22.6 Å². The lowest BCUT2D eigenvalue weighted by molar-refractivity contribution is -0.144. The number of benzene rings is 1. The second-order valence-corrected chi connectivity index (χ2v) is 11.1. The van der Waals surface area contributed by atoms with Gasteiger partial charge in [-0.25, -0.2) is 0 Å². The van der Waals surface area contributed by atoms with E-state index in [-0.39, 0.29) is 43.3 Å². The van der Waals surface area contributed by atoms with E-state index in [1.165, 1.54) is 7.11 Å². The van der Waals surface area contributed by atoms with Gasteiger partial charge in [0.25, 0.3) is 0 Å². The van der Waals surface area contributed by atoms with Gasteiger partial charge in [-0.3, -0.25) is 14.4 Å². The molecule has 0 spiro atoms. The second kappa shape index (κ2) is 12.6. The van der Waals surface area contributed by atoms with E-state index < -0.39 is 18.2 Å². The summed E-state index contributed by atoms with van der Waals surface area (Å²) in [7, 11) is 1.47. The van der Waals surface area contributed by atoms with Crippen molar-refractivity contribution in [1.82, 2.24) is 10.2 Å². The summed E-state index contributed by atoms with van der Waals surface area (Å²) in [4.78, 5) is 39.7. The number of carbonyl (C=O) groups excluding carboxylic acids is 3. The molecule has 0 bridgehead atoms. The fraction of sp³-hybridized carbons (Fsp3) is 0.593. The number of methoxy groups -OCH3 is 1. The van der Waals surface area contributed by atoms with Crippen LogP contribution in [0.4, 0.5) is 0 Å². The molecule has 202 valence electrons. The predicted octanol–water partition coefficient (Wildman–Crippen LogP) is 2.60. The SMILES string of the molecule is COc1cc(C=O)cc(I)c1OC1C=C(C(=O)NCCO)CC(N(C(=O)C2CC2)C2CCCCC2)C1O. The highest BCUT2D eigenvalue weighted by Crippen LogP contribution is 2.40. The number of aliphatic hydroxyl groups excluding tert-OH is 2. The Balaban J connectivity index is 1.70. The van der Waals surface area contributed by atoms with E-state index in [0.29, 0.717) is 26.2 Å². The van der Waals surface area contributed by atoms with E-state index in [4.69, 9.17) is 9.47 Å². The smallest absolute Gasteiger partial charge is 0.247 e. The largest absolute Gasteiger partial charge is 0.493 e. The maximum Gasteiger partial charge on any atom is 0.247 e. The molecule has 0 heterocycles. The Labute approximate surface area is 230 Å². The Hall–Kier alpha value is -2.18. The molecular formula is C27H35IN2O7. The van der Waals surface area contributed by atoms with E-state index in [0.717, 1.165) is 51.2 Å². The van der Waals surface area contributed by atoms with Crippen LogP contribution in [0.3, 0.4) is 0 Å². The third-order valence-electron chi connectivity index (χ3n) is 7.36. The lowest BCUT2D eigenvalue weighted by atomic mass is 9.85. The number of aldehydes is 1. The zero-order valence-corrected chi connectivity index (χ0v) is 23.2. The van der Waals surface area contributed by atoms with Crippen LogP contribution in [-0.2, 0) is 9.59 Å². The number of hydrogen-bond acceptors (Lipinski definition) is 7. The van der Waals surface area contributed by atoms with Gasteiger partial charge < -0.3 is 29.9 Å². The number of amides is 2. The third kappa shape index (κ3) is 6.46. The molecule has 3 atom stereocenters. The molecule has 3 aliphatic rings. The number of nitrogens with zero attached hydrogens (tertiary/aromatic N) is 1. The summed E-state index contributed by atoms with van der Waals surface area (Å²) in [6, 6.07) is 2.60. The highest BCUT2D eigenvalue weighted by Gasteiger charge is 2.46. The number of nitrogens with one attached hydrogen (secondary N) is 1. The standard InChI is InChI=1S/C27H35IN2O7/c1-36-23-12-16(15-32)11-20(28)25(23)37-22-14-18(26(34)29-9-10-31)13-21(24(22)33)30(27(35)17-7-8-17)19-5-3-2-4-6-19/h11-12,14-15,17,19,21-22,24,31,33H,2-10,13H2,1H3,(H,29,34). The maximum atomic E-state index is 13.6. The normalized spacial score (nSPS) is 24.1. The molecule has 2 fully saturated rings. The molecule has 0 radical (unpaired) electrons. The van der Waals surface area contributed by atoms with Gasteiger partial charge in [-0.2, -0.15) is 0 Å². The van der Waals surface area contributed by atoms with Crippen molar-refractivity contribution in [2.75, 3.05) is 20.3 Å². The first-order valence-corrected chi connectivity index (χ1v) is 14.0. The van der Waals surface area contributed by atoms with Crippen molar-refractivity contribution in [2.45, 2.75) is 75.7 Å². The van der Waals surface area contributed by atoms with E-state index in [1.807, 2.05) is 27.5 Å². The van der Waals surface area contributed by atoms with Crippen LogP contribution in [0.2, 0.25) is 0 Å². The molecule has 3 N–H and O–H groups in total. The minimum atomic E-state index is -1.08. The lowest BCUT2D eigenvalue weighted by Crippen LogP contribution is -2.58. The lowest BCUT2D eigenvalue weighted by Gasteiger charge is -2.45. The second-order valence-electron chi connectivity index (χ2n) is 9.98. The van der Waals surface area contributed by atoms with E-state index in [1.54, 1.807) is 18.2 Å². The Morgan fingerprint density at radius 3 is 2.54 bits per heavy atom. The molecular weight excluding hydrogens is 591 g/mol. The fourth-order valence-electron chi connectivity index (χ4n) is 5.32. The van der Waals surface area contributed by atoms with Gasteiger partial charge in [0.05, 0.1) is 23.3 Å². The van der Waals surface area contributed by atoms with Gasteiger partial charge in [-0.15, -0.1) is 0 Å². The van der Waals surface area contributed by atoms with Crippen LogP contribution in [-0.4, -0.2) is 77.8 Å². The third-order valence-corrected chi connectivity index (χ3v) is 8.16. The molecule has 9 nitrogen and oxygen atoms in total. The molecule has 4 rings (SSSR count). The van der Waals surface area contributed by atoms with E-state index in [2.05, 4.69) is 5.32 Å². The van der Waals surface area contributed by atoms with Gasteiger partial charge in [0.15, 0.2) is 11.5 Å². The first-order chi connectivity index (χ1) is 17.9. The summed E-state index contributed by atoms with van der Waals surface area (Å²) in [5.74, 6) is 0.348. The predicted molar refractivity (Wildman–Crippen MR) is 145 cm³/mol. The Bertz CT molecular complexity index is 1040. The van der Waals surface area contributed by atoms with Crippen molar-refractivity contribution in [3.05, 3.63) is 32.9 Å². The molecule has 3 aliphatic carbocycles. The number of hydrogen-bond donors (Lipinski definition) is 3. The average molecular weight is 626 g/mol. The minimum Gasteiger partial charge on any atom is -0.493 e. The van der Waals surface area contributed by atoms with Crippen LogP contribution in [0.5, 0.6) is 11.5 Å². The summed E-state index contributed by atoms with van der Waals surface area (Å²) in [6.07, 6.45) is 7.14. The van der Waals surface area contributed by atoms with Gasteiger partial charge in [-0.05, 0) is 66.5 Å². The zero-order chi connectivity index (χ0) is 26.5. The van der Waals surface area contributed by atoms with Gasteiger partial charge in [0, 0.05) is 36.1 Å². The number of rotatable bonds is 10. The highest BCUT2D eigenvalue weighted by molar-refractivity contribution is 14.1. The van der Waals surface area contributed by atoms with Gasteiger partial charge in [0.2, 0.25) is 11.8 Å². The van der Waals surface area contributed by atoms with Crippen LogP contribution in [0.25, 0.3) is 0 Å². The van der Waals surface area contributed by atoms with E-state index >= 15 is 0 Å². The molecule has 10 heteroatoms. The summed E-state index contributed by atoms with van der Waals surface area (Å²) in [5, 5.41) is 23.5.